The molecular formula is C17H14BrClN4O. The Kier molecular flexibility index (Phi) is 3.81. The summed E-state index contributed by atoms with van der Waals surface area (Å²) in [6.45, 7) is 2.73. The van der Waals surface area contributed by atoms with Crippen LogP contribution in [0.3, 0.4) is 0 Å². The third kappa shape index (κ3) is 2.59. The zero-order valence-corrected chi connectivity index (χ0v) is 15.3. The van der Waals surface area contributed by atoms with Crippen molar-refractivity contribution in [2.45, 2.75) is 19.4 Å². The first kappa shape index (κ1) is 15.6. The van der Waals surface area contributed by atoms with Gasteiger partial charge < -0.3 is 4.90 Å². The molecule has 0 spiro atoms. The molecule has 0 N–H and O–H groups in total. The molecule has 1 amide bonds. The SMILES string of the molecule is CC1c2cc(Br)ccc2CCN1C(=O)c1cc2ncc(Cl)cn2n1. The van der Waals surface area contributed by atoms with Gasteiger partial charge in [0.15, 0.2) is 11.3 Å². The molecule has 1 unspecified atom stereocenters. The van der Waals surface area contributed by atoms with Gasteiger partial charge in [0, 0.05) is 23.3 Å². The zero-order valence-electron chi connectivity index (χ0n) is 12.9. The second-order valence-corrected chi connectivity index (χ2v) is 7.22. The standard InChI is InChI=1S/C17H14BrClN4O/c1-10-14-6-12(18)3-2-11(14)4-5-22(10)17(24)15-7-16-20-8-13(19)9-23(16)21-15/h2-3,6-10H,4-5H2,1H3. The van der Waals surface area contributed by atoms with Crippen LogP contribution in [0.25, 0.3) is 5.65 Å². The fraction of sp³-hybridized carbons (Fsp3) is 0.235. The Balaban J connectivity index is 1.68. The Morgan fingerprint density at radius 2 is 2.21 bits per heavy atom. The Morgan fingerprint density at radius 3 is 3.04 bits per heavy atom. The van der Waals surface area contributed by atoms with E-state index in [4.69, 9.17) is 11.6 Å². The fourth-order valence-corrected chi connectivity index (χ4v) is 3.69. The Hall–Kier alpha value is -1.92. The van der Waals surface area contributed by atoms with Gasteiger partial charge in [-0.25, -0.2) is 9.50 Å². The van der Waals surface area contributed by atoms with E-state index in [-0.39, 0.29) is 11.9 Å². The van der Waals surface area contributed by atoms with E-state index in [1.165, 1.54) is 15.6 Å². The van der Waals surface area contributed by atoms with Crippen LogP contribution in [-0.4, -0.2) is 31.9 Å². The summed E-state index contributed by atoms with van der Waals surface area (Å²) in [5.41, 5.74) is 3.46. The highest BCUT2D eigenvalue weighted by atomic mass is 79.9. The largest absolute Gasteiger partial charge is 0.330 e. The average Bonchev–Trinajstić information content (AvgIpc) is 2.98. The number of benzene rings is 1. The number of hydrogen-bond acceptors (Lipinski definition) is 3. The van der Waals surface area contributed by atoms with Crippen LogP contribution in [0.2, 0.25) is 5.02 Å². The minimum Gasteiger partial charge on any atom is -0.330 e. The van der Waals surface area contributed by atoms with Crippen LogP contribution in [0.4, 0.5) is 0 Å². The monoisotopic (exact) mass is 404 g/mol. The summed E-state index contributed by atoms with van der Waals surface area (Å²) in [6, 6.07) is 7.95. The molecule has 0 aliphatic carbocycles. The molecule has 3 aromatic rings. The summed E-state index contributed by atoms with van der Waals surface area (Å²) in [5, 5.41) is 4.81. The second kappa shape index (κ2) is 5.86. The molecule has 0 saturated carbocycles. The molecule has 0 bridgehead atoms. The Morgan fingerprint density at radius 1 is 1.38 bits per heavy atom. The number of carbonyl (C=O) groups excluding carboxylic acids is 1. The number of rotatable bonds is 1. The maximum absolute atomic E-state index is 12.9. The molecule has 4 rings (SSSR count). The van der Waals surface area contributed by atoms with E-state index in [0.717, 1.165) is 10.9 Å². The molecule has 1 atom stereocenters. The van der Waals surface area contributed by atoms with Gasteiger partial charge in [-0.2, -0.15) is 5.10 Å². The number of carbonyl (C=O) groups is 1. The van der Waals surface area contributed by atoms with Gasteiger partial charge in [-0.15, -0.1) is 0 Å². The predicted octanol–water partition coefficient (Wildman–Crippen LogP) is 3.90. The zero-order chi connectivity index (χ0) is 16.8. The highest BCUT2D eigenvalue weighted by Gasteiger charge is 2.29. The Labute approximate surface area is 152 Å². The first-order chi connectivity index (χ1) is 11.5. The van der Waals surface area contributed by atoms with E-state index < -0.39 is 0 Å². The topological polar surface area (TPSA) is 50.5 Å². The lowest BCUT2D eigenvalue weighted by Gasteiger charge is -2.35. The van der Waals surface area contributed by atoms with Gasteiger partial charge in [-0.1, -0.05) is 33.6 Å². The molecule has 122 valence electrons. The number of fused-ring (bicyclic) bond motifs is 2. The molecule has 1 aliphatic rings. The number of aromatic nitrogens is 3. The number of nitrogens with zero attached hydrogens (tertiary/aromatic N) is 4. The normalized spacial score (nSPS) is 17.1. The summed E-state index contributed by atoms with van der Waals surface area (Å²) in [5.74, 6) is -0.0882. The number of amides is 1. The maximum Gasteiger partial charge on any atom is 0.274 e. The van der Waals surface area contributed by atoms with Crippen molar-refractivity contribution < 1.29 is 4.79 Å². The van der Waals surface area contributed by atoms with Gasteiger partial charge in [-0.3, -0.25) is 4.79 Å². The highest BCUT2D eigenvalue weighted by molar-refractivity contribution is 9.10. The summed E-state index contributed by atoms with van der Waals surface area (Å²) in [6.07, 6.45) is 4.03. The Bertz CT molecular complexity index is 955. The minimum atomic E-state index is -0.0882. The van der Waals surface area contributed by atoms with Crippen LogP contribution in [0.15, 0.2) is 41.1 Å². The van der Waals surface area contributed by atoms with E-state index >= 15 is 0 Å². The lowest BCUT2D eigenvalue weighted by Crippen LogP contribution is -2.39. The molecule has 2 aromatic heterocycles. The van der Waals surface area contributed by atoms with E-state index in [0.29, 0.717) is 22.9 Å². The first-order valence-electron chi connectivity index (χ1n) is 7.63. The fourth-order valence-electron chi connectivity index (χ4n) is 3.17. The lowest BCUT2D eigenvalue weighted by atomic mass is 9.93. The highest BCUT2D eigenvalue weighted by Crippen LogP contribution is 2.32. The van der Waals surface area contributed by atoms with Gasteiger partial charge in [-0.05, 0) is 36.6 Å². The molecule has 3 heterocycles. The maximum atomic E-state index is 12.9. The van der Waals surface area contributed by atoms with Crippen LogP contribution in [0.1, 0.15) is 34.6 Å². The predicted molar refractivity (Wildman–Crippen MR) is 95.3 cm³/mol. The van der Waals surface area contributed by atoms with Crippen molar-refractivity contribution >= 4 is 39.1 Å². The smallest absolute Gasteiger partial charge is 0.274 e. The van der Waals surface area contributed by atoms with Gasteiger partial charge in [0.25, 0.3) is 5.91 Å². The summed E-state index contributed by atoms with van der Waals surface area (Å²) < 4.78 is 2.56. The second-order valence-electron chi connectivity index (χ2n) is 5.87. The van der Waals surface area contributed by atoms with Crippen molar-refractivity contribution in [1.29, 1.82) is 0 Å². The summed E-state index contributed by atoms with van der Waals surface area (Å²) in [4.78, 5) is 19.0. The van der Waals surface area contributed by atoms with Crippen LogP contribution in [-0.2, 0) is 6.42 Å². The summed E-state index contributed by atoms with van der Waals surface area (Å²) in [7, 11) is 0. The molecule has 0 radical (unpaired) electrons. The minimum absolute atomic E-state index is 0.000101. The molecule has 5 nitrogen and oxygen atoms in total. The van der Waals surface area contributed by atoms with Crippen LogP contribution in [0, 0.1) is 0 Å². The average molecular weight is 406 g/mol. The van der Waals surface area contributed by atoms with Gasteiger partial charge in [0.1, 0.15) is 0 Å². The van der Waals surface area contributed by atoms with E-state index in [9.17, 15) is 4.79 Å². The van der Waals surface area contributed by atoms with Crippen molar-refractivity contribution in [2.75, 3.05) is 6.54 Å². The third-order valence-electron chi connectivity index (χ3n) is 4.41. The number of hydrogen-bond donors (Lipinski definition) is 0. The van der Waals surface area contributed by atoms with E-state index in [1.807, 2.05) is 17.9 Å². The van der Waals surface area contributed by atoms with Crippen molar-refractivity contribution in [2.24, 2.45) is 0 Å². The van der Waals surface area contributed by atoms with Crippen LogP contribution in [0.5, 0.6) is 0 Å². The van der Waals surface area contributed by atoms with Crippen molar-refractivity contribution in [1.82, 2.24) is 19.5 Å². The van der Waals surface area contributed by atoms with E-state index in [2.05, 4.69) is 38.1 Å². The molecular weight excluding hydrogens is 392 g/mol. The quantitative estimate of drug-likeness (QED) is 0.617. The molecule has 24 heavy (non-hydrogen) atoms. The number of halogens is 2. The van der Waals surface area contributed by atoms with E-state index in [1.54, 1.807) is 18.5 Å². The van der Waals surface area contributed by atoms with Crippen molar-refractivity contribution in [3.05, 3.63) is 63.0 Å². The molecule has 1 aromatic carbocycles. The van der Waals surface area contributed by atoms with Crippen LogP contribution >= 0.6 is 27.5 Å². The van der Waals surface area contributed by atoms with Gasteiger partial charge >= 0.3 is 0 Å². The van der Waals surface area contributed by atoms with Crippen molar-refractivity contribution in [3.63, 3.8) is 0 Å². The molecule has 0 saturated heterocycles. The summed E-state index contributed by atoms with van der Waals surface area (Å²) >= 11 is 9.44. The molecule has 1 aliphatic heterocycles. The van der Waals surface area contributed by atoms with Gasteiger partial charge in [0.05, 0.1) is 17.3 Å². The van der Waals surface area contributed by atoms with Crippen LogP contribution < -0.4 is 0 Å². The lowest BCUT2D eigenvalue weighted by molar-refractivity contribution is 0.0671. The molecule has 0 fully saturated rings. The van der Waals surface area contributed by atoms with Gasteiger partial charge in [0.2, 0.25) is 0 Å². The first-order valence-corrected chi connectivity index (χ1v) is 8.80. The van der Waals surface area contributed by atoms with Crippen molar-refractivity contribution in [3.8, 4) is 0 Å². The third-order valence-corrected chi connectivity index (χ3v) is 5.10. The molecule has 7 heteroatoms.